The minimum atomic E-state index is 0.523. The summed E-state index contributed by atoms with van der Waals surface area (Å²) in [5.74, 6) is 1.68. The zero-order chi connectivity index (χ0) is 33.4. The molecule has 1 heterocycles. The van der Waals surface area contributed by atoms with E-state index in [1.807, 2.05) is 60.7 Å². The molecule has 0 atom stereocenters. The Kier molecular flexibility index (Phi) is 7.15. The number of fused-ring (bicyclic) bond motifs is 6. The Balaban J connectivity index is 1.14. The molecule has 0 aliphatic carbocycles. The van der Waals surface area contributed by atoms with Gasteiger partial charge in [0.2, 0.25) is 0 Å². The maximum Gasteiger partial charge on any atom is 0.164 e. The van der Waals surface area contributed by atoms with Crippen LogP contribution in [0.25, 0.3) is 88.7 Å². The van der Waals surface area contributed by atoms with Crippen LogP contribution in [0.15, 0.2) is 170 Å². The number of nitrogens with zero attached hydrogens (tertiary/aromatic N) is 4. The molecule has 4 heteroatoms. The SMILES string of the molecule is N#Cc1cccc(-c2nc(-c3ccccc3)nc(-c3cccc(-c4cccc(-c5ccc6c7ccccc7c7ccccc7c6c5)c4)c3)n2)c1. The summed E-state index contributed by atoms with van der Waals surface area (Å²) in [6.07, 6.45) is 0. The molecule has 232 valence electrons. The number of hydrogen-bond acceptors (Lipinski definition) is 4. The van der Waals surface area contributed by atoms with E-state index in [9.17, 15) is 5.26 Å². The first-order valence-electron chi connectivity index (χ1n) is 16.6. The van der Waals surface area contributed by atoms with Crippen LogP contribution in [0, 0.1) is 11.3 Å². The Morgan fingerprint density at radius 1 is 0.300 bits per heavy atom. The van der Waals surface area contributed by atoms with Gasteiger partial charge >= 0.3 is 0 Å². The minimum absolute atomic E-state index is 0.523. The number of benzene rings is 8. The second-order valence-corrected chi connectivity index (χ2v) is 12.4. The molecule has 0 aliphatic heterocycles. The standard InChI is InChI=1S/C46H28N4/c47-29-30-11-8-17-36(25-30)45-48-44(31-12-2-1-3-13-31)49-46(50-45)37-18-10-16-34(27-37)32-14-9-15-33(26-32)35-23-24-42-40-21-5-4-19-38(40)39-20-6-7-22-41(39)43(42)28-35/h1-28H. The largest absolute Gasteiger partial charge is 0.208 e. The fraction of sp³-hybridized carbons (Fsp3) is 0. The lowest BCUT2D eigenvalue weighted by molar-refractivity contribution is 1.07. The highest BCUT2D eigenvalue weighted by Crippen LogP contribution is 2.38. The van der Waals surface area contributed by atoms with Crippen molar-refractivity contribution in [2.45, 2.75) is 0 Å². The van der Waals surface area contributed by atoms with Crippen LogP contribution >= 0.6 is 0 Å². The Hall–Kier alpha value is -6.96. The molecule has 0 spiro atoms. The Labute approximate surface area is 289 Å². The molecule has 0 amide bonds. The molecule has 9 aromatic rings. The lowest BCUT2D eigenvalue weighted by Gasteiger charge is -2.13. The quantitative estimate of drug-likeness (QED) is 0.176. The molecule has 0 saturated carbocycles. The van der Waals surface area contributed by atoms with Gasteiger partial charge in [-0.05, 0) is 84.9 Å². The second kappa shape index (κ2) is 12.2. The van der Waals surface area contributed by atoms with Crippen LogP contribution in [0.4, 0.5) is 0 Å². The van der Waals surface area contributed by atoms with Crippen LogP contribution in [0.2, 0.25) is 0 Å². The maximum atomic E-state index is 9.53. The molecule has 50 heavy (non-hydrogen) atoms. The van der Waals surface area contributed by atoms with Crippen LogP contribution in [0.1, 0.15) is 5.56 Å². The van der Waals surface area contributed by atoms with E-state index in [4.69, 9.17) is 15.0 Å². The number of nitriles is 1. The van der Waals surface area contributed by atoms with E-state index in [2.05, 4.69) is 109 Å². The second-order valence-electron chi connectivity index (χ2n) is 12.4. The van der Waals surface area contributed by atoms with Crippen LogP contribution < -0.4 is 0 Å². The van der Waals surface area contributed by atoms with Crippen molar-refractivity contribution < 1.29 is 0 Å². The van der Waals surface area contributed by atoms with E-state index >= 15 is 0 Å². The van der Waals surface area contributed by atoms with Crippen LogP contribution in [-0.2, 0) is 0 Å². The zero-order valence-corrected chi connectivity index (χ0v) is 27.0. The Morgan fingerprint density at radius 2 is 0.700 bits per heavy atom. The molecule has 8 aromatic carbocycles. The Morgan fingerprint density at radius 3 is 1.28 bits per heavy atom. The molecule has 0 unspecified atom stereocenters. The van der Waals surface area contributed by atoms with Crippen molar-refractivity contribution in [1.82, 2.24) is 15.0 Å². The molecule has 0 bridgehead atoms. The third kappa shape index (κ3) is 5.24. The number of aromatic nitrogens is 3. The zero-order valence-electron chi connectivity index (χ0n) is 27.0. The first kappa shape index (κ1) is 29.2. The van der Waals surface area contributed by atoms with Crippen molar-refractivity contribution >= 4 is 32.3 Å². The molecule has 0 radical (unpaired) electrons. The van der Waals surface area contributed by atoms with Gasteiger partial charge in [-0.1, -0.05) is 140 Å². The summed E-state index contributed by atoms with van der Waals surface area (Å²) < 4.78 is 0. The van der Waals surface area contributed by atoms with Gasteiger partial charge in [-0.3, -0.25) is 0 Å². The highest BCUT2D eigenvalue weighted by Gasteiger charge is 2.14. The third-order valence-electron chi connectivity index (χ3n) is 9.31. The lowest BCUT2D eigenvalue weighted by Crippen LogP contribution is -2.00. The summed E-state index contributed by atoms with van der Waals surface area (Å²) in [5, 5.41) is 17.1. The van der Waals surface area contributed by atoms with Crippen molar-refractivity contribution in [2.24, 2.45) is 0 Å². The smallest absolute Gasteiger partial charge is 0.164 e. The molecule has 0 aliphatic rings. The topological polar surface area (TPSA) is 62.5 Å². The predicted molar refractivity (Wildman–Crippen MR) is 204 cm³/mol. The van der Waals surface area contributed by atoms with Gasteiger partial charge in [0.25, 0.3) is 0 Å². The Bertz CT molecular complexity index is 2740. The average Bonchev–Trinajstić information content (AvgIpc) is 3.21. The molecule has 0 fully saturated rings. The first-order valence-corrected chi connectivity index (χ1v) is 16.6. The molecule has 9 rings (SSSR count). The van der Waals surface area contributed by atoms with Gasteiger partial charge in [0.05, 0.1) is 11.6 Å². The van der Waals surface area contributed by atoms with E-state index < -0.39 is 0 Å². The summed E-state index contributed by atoms with van der Waals surface area (Å²) in [5.41, 5.74) is 7.60. The average molecular weight is 637 g/mol. The van der Waals surface area contributed by atoms with Crippen molar-refractivity contribution in [2.75, 3.05) is 0 Å². The van der Waals surface area contributed by atoms with Crippen LogP contribution in [-0.4, -0.2) is 15.0 Å². The molecular weight excluding hydrogens is 609 g/mol. The summed E-state index contributed by atoms with van der Waals surface area (Å²) in [7, 11) is 0. The highest BCUT2D eigenvalue weighted by molar-refractivity contribution is 6.25. The molecule has 0 N–H and O–H groups in total. The summed E-state index contributed by atoms with van der Waals surface area (Å²) in [6.45, 7) is 0. The molecule has 0 saturated heterocycles. The minimum Gasteiger partial charge on any atom is -0.208 e. The lowest BCUT2D eigenvalue weighted by atomic mass is 9.91. The first-order chi connectivity index (χ1) is 24.7. The van der Waals surface area contributed by atoms with Gasteiger partial charge in [-0.15, -0.1) is 0 Å². The van der Waals surface area contributed by atoms with Gasteiger partial charge in [0, 0.05) is 16.7 Å². The summed E-state index contributed by atoms with van der Waals surface area (Å²) in [6, 6.07) is 60.8. The van der Waals surface area contributed by atoms with E-state index in [-0.39, 0.29) is 0 Å². The van der Waals surface area contributed by atoms with Crippen molar-refractivity contribution in [3.8, 4) is 62.5 Å². The molecule has 4 nitrogen and oxygen atoms in total. The normalized spacial score (nSPS) is 11.2. The highest BCUT2D eigenvalue weighted by atomic mass is 15.0. The summed E-state index contributed by atoms with van der Waals surface area (Å²) >= 11 is 0. The third-order valence-corrected chi connectivity index (χ3v) is 9.31. The predicted octanol–water partition coefficient (Wildman–Crippen LogP) is 11.5. The van der Waals surface area contributed by atoms with Gasteiger partial charge in [-0.2, -0.15) is 5.26 Å². The van der Waals surface area contributed by atoms with Crippen LogP contribution in [0.5, 0.6) is 0 Å². The van der Waals surface area contributed by atoms with Crippen molar-refractivity contribution in [1.29, 1.82) is 5.26 Å². The van der Waals surface area contributed by atoms with E-state index in [0.717, 1.165) is 33.4 Å². The van der Waals surface area contributed by atoms with Gasteiger partial charge in [0.1, 0.15) is 0 Å². The monoisotopic (exact) mass is 636 g/mol. The van der Waals surface area contributed by atoms with E-state index in [0.29, 0.717) is 23.0 Å². The number of rotatable bonds is 5. The fourth-order valence-electron chi connectivity index (χ4n) is 6.88. The van der Waals surface area contributed by atoms with Gasteiger partial charge in [-0.25, -0.2) is 15.0 Å². The summed E-state index contributed by atoms with van der Waals surface area (Å²) in [4.78, 5) is 14.7. The van der Waals surface area contributed by atoms with E-state index in [1.165, 1.54) is 37.9 Å². The van der Waals surface area contributed by atoms with Crippen LogP contribution in [0.3, 0.4) is 0 Å². The van der Waals surface area contributed by atoms with E-state index in [1.54, 1.807) is 6.07 Å². The van der Waals surface area contributed by atoms with Crippen molar-refractivity contribution in [3.05, 3.63) is 175 Å². The van der Waals surface area contributed by atoms with Gasteiger partial charge in [0.15, 0.2) is 17.5 Å². The van der Waals surface area contributed by atoms with Gasteiger partial charge < -0.3 is 0 Å². The van der Waals surface area contributed by atoms with Crippen molar-refractivity contribution in [3.63, 3.8) is 0 Å². The fourth-order valence-corrected chi connectivity index (χ4v) is 6.88. The molecule has 1 aromatic heterocycles. The molecular formula is C46H28N4. The number of hydrogen-bond donors (Lipinski definition) is 0. The maximum absolute atomic E-state index is 9.53.